The lowest BCUT2D eigenvalue weighted by Crippen LogP contribution is -2.60. The predicted octanol–water partition coefficient (Wildman–Crippen LogP) is 2.06. The number of hydrogen-bond acceptors (Lipinski definition) is 6. The normalized spacial score (nSPS) is 17.6. The lowest BCUT2D eigenvalue weighted by molar-refractivity contribution is -0.304. The molecule has 8 nitrogen and oxygen atoms in total. The Morgan fingerprint density at radius 3 is 2.67 bits per heavy atom. The van der Waals surface area contributed by atoms with Crippen LogP contribution in [0.3, 0.4) is 0 Å². The Morgan fingerprint density at radius 2 is 1.96 bits per heavy atom. The highest BCUT2D eigenvalue weighted by atomic mass is 17.2. The number of nitrogens with zero attached hydrogens (tertiary/aromatic N) is 3. The molecule has 1 aliphatic heterocycles. The van der Waals surface area contributed by atoms with E-state index < -0.39 is 6.04 Å². The number of rotatable bonds is 8. The van der Waals surface area contributed by atoms with Crippen molar-refractivity contribution in [2.45, 2.75) is 31.9 Å². The standard InChI is InChI=1S/C19H29N3O5/c1-20(12-8-14-26-27-15-16-9-5-4-6-10-16)19(24)22-17(18(23)25-3)11-7-13-21(22)2/h4-6,9-10,17H,7-8,11-15H2,1-3H3. The summed E-state index contributed by atoms with van der Waals surface area (Å²) in [6.07, 6.45) is 2.07. The average molecular weight is 379 g/mol. The van der Waals surface area contributed by atoms with Gasteiger partial charge in [-0.2, -0.15) is 0 Å². The van der Waals surface area contributed by atoms with Crippen molar-refractivity contribution in [2.75, 3.05) is 40.9 Å². The number of hydrazine groups is 1. The van der Waals surface area contributed by atoms with Crippen LogP contribution in [0.15, 0.2) is 30.3 Å². The summed E-state index contributed by atoms with van der Waals surface area (Å²) in [6, 6.07) is 8.95. The third-order valence-electron chi connectivity index (χ3n) is 4.49. The molecule has 0 aliphatic carbocycles. The third-order valence-corrected chi connectivity index (χ3v) is 4.49. The summed E-state index contributed by atoms with van der Waals surface area (Å²) in [6.45, 7) is 1.98. The first-order chi connectivity index (χ1) is 13.0. The van der Waals surface area contributed by atoms with Crippen LogP contribution in [-0.4, -0.2) is 73.9 Å². The largest absolute Gasteiger partial charge is 0.467 e. The molecular formula is C19H29N3O5. The van der Waals surface area contributed by atoms with E-state index in [1.807, 2.05) is 30.3 Å². The number of urea groups is 1. The molecule has 0 radical (unpaired) electrons. The first-order valence-electron chi connectivity index (χ1n) is 9.16. The number of carbonyl (C=O) groups is 2. The number of hydrogen-bond donors (Lipinski definition) is 0. The molecule has 0 bridgehead atoms. The van der Waals surface area contributed by atoms with Gasteiger partial charge < -0.3 is 9.64 Å². The minimum atomic E-state index is -0.575. The molecule has 1 atom stereocenters. The Labute approximate surface area is 160 Å². The number of methoxy groups -OCH3 is 1. The molecule has 1 heterocycles. The van der Waals surface area contributed by atoms with Crippen LogP contribution in [0.4, 0.5) is 4.79 Å². The zero-order valence-corrected chi connectivity index (χ0v) is 16.3. The number of carbonyl (C=O) groups excluding carboxylic acids is 2. The second-order valence-electron chi connectivity index (χ2n) is 6.53. The van der Waals surface area contributed by atoms with Crippen molar-refractivity contribution in [2.24, 2.45) is 0 Å². The fraction of sp³-hybridized carbons (Fsp3) is 0.579. The van der Waals surface area contributed by atoms with Crippen LogP contribution >= 0.6 is 0 Å². The molecule has 1 aromatic rings. The zero-order chi connectivity index (χ0) is 19.6. The third kappa shape index (κ3) is 6.20. The molecule has 27 heavy (non-hydrogen) atoms. The number of benzene rings is 1. The van der Waals surface area contributed by atoms with Crippen LogP contribution in [0.2, 0.25) is 0 Å². The Morgan fingerprint density at radius 1 is 1.22 bits per heavy atom. The maximum absolute atomic E-state index is 12.8. The fourth-order valence-electron chi connectivity index (χ4n) is 2.99. The van der Waals surface area contributed by atoms with Crippen LogP contribution in [0.5, 0.6) is 0 Å². The highest BCUT2D eigenvalue weighted by molar-refractivity contribution is 5.83. The van der Waals surface area contributed by atoms with Crippen LogP contribution in [0.1, 0.15) is 24.8 Å². The van der Waals surface area contributed by atoms with E-state index >= 15 is 0 Å². The zero-order valence-electron chi connectivity index (χ0n) is 16.3. The molecule has 0 N–H and O–H groups in total. The number of esters is 1. The van der Waals surface area contributed by atoms with Gasteiger partial charge in [-0.3, -0.25) is 0 Å². The van der Waals surface area contributed by atoms with E-state index in [4.69, 9.17) is 14.5 Å². The Kier molecular flexibility index (Phi) is 8.50. The molecular weight excluding hydrogens is 350 g/mol. The van der Waals surface area contributed by atoms with Crippen molar-refractivity contribution in [1.29, 1.82) is 0 Å². The van der Waals surface area contributed by atoms with Gasteiger partial charge in [-0.1, -0.05) is 30.3 Å². The van der Waals surface area contributed by atoms with Crippen LogP contribution in [0, 0.1) is 0 Å². The maximum Gasteiger partial charge on any atom is 0.335 e. The number of amides is 2. The minimum absolute atomic E-state index is 0.224. The van der Waals surface area contributed by atoms with Crippen molar-refractivity contribution in [3.63, 3.8) is 0 Å². The second-order valence-corrected chi connectivity index (χ2v) is 6.53. The van der Waals surface area contributed by atoms with E-state index in [0.717, 1.165) is 18.5 Å². The lowest BCUT2D eigenvalue weighted by atomic mass is 10.1. The van der Waals surface area contributed by atoms with Gasteiger partial charge in [0.05, 0.1) is 13.7 Å². The average Bonchev–Trinajstić information content (AvgIpc) is 2.69. The topological polar surface area (TPSA) is 71.6 Å². The minimum Gasteiger partial charge on any atom is -0.467 e. The molecule has 1 saturated heterocycles. The van der Waals surface area contributed by atoms with Gasteiger partial charge >= 0.3 is 12.0 Å². The molecule has 1 unspecified atom stereocenters. The Balaban J connectivity index is 1.72. The molecule has 1 aromatic carbocycles. The number of ether oxygens (including phenoxy) is 1. The molecule has 0 saturated carbocycles. The summed E-state index contributed by atoms with van der Waals surface area (Å²) < 4.78 is 4.85. The Hall–Kier alpha value is -2.16. The highest BCUT2D eigenvalue weighted by Gasteiger charge is 2.37. The van der Waals surface area contributed by atoms with Crippen molar-refractivity contribution in [1.82, 2.24) is 14.9 Å². The van der Waals surface area contributed by atoms with Gasteiger partial charge in [0.2, 0.25) is 0 Å². The summed E-state index contributed by atoms with van der Waals surface area (Å²) in [5.74, 6) is -0.388. The van der Waals surface area contributed by atoms with Crippen LogP contribution < -0.4 is 0 Å². The van der Waals surface area contributed by atoms with Crippen molar-refractivity contribution < 1.29 is 24.1 Å². The highest BCUT2D eigenvalue weighted by Crippen LogP contribution is 2.19. The molecule has 8 heteroatoms. The van der Waals surface area contributed by atoms with Gasteiger partial charge in [-0.05, 0) is 24.8 Å². The van der Waals surface area contributed by atoms with Crippen molar-refractivity contribution >= 4 is 12.0 Å². The summed E-state index contributed by atoms with van der Waals surface area (Å²) in [7, 11) is 4.86. The molecule has 150 valence electrons. The quantitative estimate of drug-likeness (QED) is 0.298. The molecule has 2 rings (SSSR count). The van der Waals surface area contributed by atoms with Gasteiger partial charge in [0.15, 0.2) is 0 Å². The van der Waals surface area contributed by atoms with Crippen LogP contribution in [-0.2, 0) is 25.9 Å². The maximum atomic E-state index is 12.8. The van der Waals surface area contributed by atoms with Gasteiger partial charge in [0, 0.05) is 27.2 Å². The molecule has 2 amide bonds. The monoisotopic (exact) mass is 379 g/mol. The van der Waals surface area contributed by atoms with Gasteiger partial charge in [0.1, 0.15) is 12.6 Å². The van der Waals surface area contributed by atoms with Crippen LogP contribution in [0.25, 0.3) is 0 Å². The van der Waals surface area contributed by atoms with E-state index in [1.165, 1.54) is 12.1 Å². The predicted molar refractivity (Wildman–Crippen MR) is 99.3 cm³/mol. The first kappa shape index (κ1) is 21.1. The van der Waals surface area contributed by atoms with Crippen molar-refractivity contribution in [3.05, 3.63) is 35.9 Å². The second kappa shape index (κ2) is 10.9. The summed E-state index contributed by atoms with van der Waals surface area (Å²) >= 11 is 0. The molecule has 0 aromatic heterocycles. The van der Waals surface area contributed by atoms with E-state index in [1.54, 1.807) is 24.0 Å². The van der Waals surface area contributed by atoms with E-state index in [-0.39, 0.29) is 12.0 Å². The van der Waals surface area contributed by atoms with E-state index in [2.05, 4.69) is 0 Å². The smallest absolute Gasteiger partial charge is 0.335 e. The fourth-order valence-corrected chi connectivity index (χ4v) is 2.99. The lowest BCUT2D eigenvalue weighted by Gasteiger charge is -2.42. The van der Waals surface area contributed by atoms with Crippen molar-refractivity contribution in [3.8, 4) is 0 Å². The molecule has 1 aliphatic rings. The first-order valence-corrected chi connectivity index (χ1v) is 9.16. The van der Waals surface area contributed by atoms with Gasteiger partial charge in [-0.25, -0.2) is 29.4 Å². The summed E-state index contributed by atoms with van der Waals surface area (Å²) in [4.78, 5) is 36.7. The Bertz CT molecular complexity index is 598. The molecule has 0 spiro atoms. The SMILES string of the molecule is COC(=O)C1CCCN(C)N1C(=O)N(C)CCCOOCc1ccccc1. The van der Waals surface area contributed by atoms with E-state index in [0.29, 0.717) is 32.6 Å². The van der Waals surface area contributed by atoms with Gasteiger partial charge in [-0.15, -0.1) is 0 Å². The van der Waals surface area contributed by atoms with Gasteiger partial charge in [0.25, 0.3) is 0 Å². The summed E-state index contributed by atoms with van der Waals surface area (Å²) in [5.41, 5.74) is 1.03. The van der Waals surface area contributed by atoms with E-state index in [9.17, 15) is 9.59 Å². The summed E-state index contributed by atoms with van der Waals surface area (Å²) in [5, 5.41) is 3.27. The molecule has 1 fully saturated rings.